The molecule has 0 aliphatic rings. The van der Waals surface area contributed by atoms with Gasteiger partial charge in [0.1, 0.15) is 5.82 Å². The Hall–Kier alpha value is -1.51. The molecule has 0 N–H and O–H groups in total. The van der Waals surface area contributed by atoms with E-state index in [4.69, 9.17) is 28.2 Å². The average molecular weight is 347 g/mol. The van der Waals surface area contributed by atoms with Gasteiger partial charge >= 0.3 is 0 Å². The van der Waals surface area contributed by atoms with E-state index in [0.29, 0.717) is 0 Å². The van der Waals surface area contributed by atoms with E-state index in [-0.39, 0.29) is 5.54 Å². The number of halogens is 2. The Morgan fingerprint density at radius 1 is 0.913 bits per heavy atom. The summed E-state index contributed by atoms with van der Waals surface area (Å²) in [5, 5.41) is 0.734. The first-order chi connectivity index (χ1) is 10.7. The Bertz CT molecular complexity index is 840. The fourth-order valence-electron chi connectivity index (χ4n) is 2.98. The monoisotopic (exact) mass is 346 g/mol. The van der Waals surface area contributed by atoms with Crippen molar-refractivity contribution in [2.45, 2.75) is 38.1 Å². The summed E-state index contributed by atoms with van der Waals surface area (Å²) >= 11 is 12.7. The first-order valence-corrected chi connectivity index (χ1v) is 8.40. The lowest BCUT2D eigenvalue weighted by molar-refractivity contribution is 0.416. The second kappa shape index (κ2) is 5.54. The van der Waals surface area contributed by atoms with Crippen molar-refractivity contribution in [2.24, 2.45) is 0 Å². The third kappa shape index (κ3) is 2.86. The molecule has 3 rings (SSSR count). The third-order valence-electron chi connectivity index (χ3n) is 4.20. The van der Waals surface area contributed by atoms with Crippen molar-refractivity contribution in [1.82, 2.24) is 9.55 Å². The summed E-state index contributed by atoms with van der Waals surface area (Å²) in [6.07, 6.45) is 0. The van der Waals surface area contributed by atoms with E-state index < -0.39 is 4.87 Å². The third-order valence-corrected chi connectivity index (χ3v) is 4.62. The van der Waals surface area contributed by atoms with Gasteiger partial charge in [0.05, 0.1) is 21.4 Å². The summed E-state index contributed by atoms with van der Waals surface area (Å²) < 4.78 is 2.23. The van der Waals surface area contributed by atoms with Gasteiger partial charge in [0.2, 0.25) is 0 Å². The zero-order valence-corrected chi connectivity index (χ0v) is 15.3. The Morgan fingerprint density at radius 2 is 1.52 bits per heavy atom. The van der Waals surface area contributed by atoms with E-state index in [1.54, 1.807) is 0 Å². The Labute approximate surface area is 147 Å². The largest absolute Gasteiger partial charge is 0.317 e. The molecular weight excluding hydrogens is 327 g/mol. The maximum Gasteiger partial charge on any atom is 0.131 e. The fourth-order valence-corrected chi connectivity index (χ4v) is 3.23. The summed E-state index contributed by atoms with van der Waals surface area (Å²) in [7, 11) is 0. The van der Waals surface area contributed by atoms with E-state index in [1.165, 1.54) is 0 Å². The lowest BCUT2D eigenvalue weighted by atomic mass is 9.93. The van der Waals surface area contributed by atoms with Gasteiger partial charge in [-0.2, -0.15) is 0 Å². The second-order valence-electron chi connectivity index (χ2n) is 6.80. The van der Waals surface area contributed by atoms with Crippen LogP contribution < -0.4 is 0 Å². The molecule has 0 saturated heterocycles. The van der Waals surface area contributed by atoms with E-state index in [1.807, 2.05) is 44.2 Å². The van der Waals surface area contributed by atoms with Crippen LogP contribution in [0.15, 0.2) is 48.5 Å². The molecule has 0 radical (unpaired) electrons. The summed E-state index contributed by atoms with van der Waals surface area (Å²) in [6.45, 7) is 8.31. The second-order valence-corrected chi connectivity index (χ2v) is 8.18. The summed E-state index contributed by atoms with van der Waals surface area (Å²) in [5.41, 5.74) is 2.89. The molecule has 0 spiro atoms. The molecule has 3 aromatic rings. The van der Waals surface area contributed by atoms with Gasteiger partial charge in [-0.15, -0.1) is 11.6 Å². The minimum atomic E-state index is -0.567. The molecule has 2 aromatic carbocycles. The number of benzene rings is 2. The first kappa shape index (κ1) is 16.4. The predicted octanol–water partition coefficient (Wildman–Crippen LogP) is 5.95. The highest BCUT2D eigenvalue weighted by molar-refractivity contribution is 6.30. The van der Waals surface area contributed by atoms with Crippen molar-refractivity contribution in [1.29, 1.82) is 0 Å². The SMILES string of the molecule is CC(C)(Cl)c1nc2ccccc2n1C(C)(C)c1ccc(Cl)cc1. The number of nitrogens with zero attached hydrogens (tertiary/aromatic N) is 2. The van der Waals surface area contributed by atoms with Crippen LogP contribution in [0.25, 0.3) is 11.0 Å². The zero-order valence-electron chi connectivity index (χ0n) is 13.8. The van der Waals surface area contributed by atoms with Crippen molar-refractivity contribution in [2.75, 3.05) is 0 Å². The highest BCUT2D eigenvalue weighted by Gasteiger charge is 2.33. The van der Waals surface area contributed by atoms with Crippen molar-refractivity contribution in [3.8, 4) is 0 Å². The predicted molar refractivity (Wildman–Crippen MR) is 98.5 cm³/mol. The molecule has 0 fully saturated rings. The minimum absolute atomic E-state index is 0.303. The maximum atomic E-state index is 6.65. The molecule has 0 amide bonds. The average Bonchev–Trinajstić information content (AvgIpc) is 2.88. The van der Waals surface area contributed by atoms with Crippen molar-refractivity contribution >= 4 is 34.2 Å². The quantitative estimate of drug-likeness (QED) is 0.536. The Balaban J connectivity index is 2.31. The summed E-state index contributed by atoms with van der Waals surface area (Å²) in [6, 6.07) is 16.1. The normalized spacial score (nSPS) is 12.8. The highest BCUT2D eigenvalue weighted by atomic mass is 35.5. The van der Waals surface area contributed by atoms with Gasteiger partial charge in [-0.1, -0.05) is 35.9 Å². The van der Waals surface area contributed by atoms with Gasteiger partial charge in [0, 0.05) is 5.02 Å². The van der Waals surface area contributed by atoms with Gasteiger partial charge in [0.15, 0.2) is 0 Å². The van der Waals surface area contributed by atoms with Crippen LogP contribution in [0.4, 0.5) is 0 Å². The van der Waals surface area contributed by atoms with E-state index >= 15 is 0 Å². The van der Waals surface area contributed by atoms with Crippen molar-refractivity contribution in [3.63, 3.8) is 0 Å². The molecule has 0 saturated carbocycles. The van der Waals surface area contributed by atoms with Crippen LogP contribution in [-0.2, 0) is 10.4 Å². The van der Waals surface area contributed by atoms with Crippen LogP contribution in [0.5, 0.6) is 0 Å². The molecule has 0 aliphatic heterocycles. The fraction of sp³-hybridized carbons (Fsp3) is 0.316. The molecule has 2 nitrogen and oxygen atoms in total. The topological polar surface area (TPSA) is 17.8 Å². The van der Waals surface area contributed by atoms with Crippen LogP contribution >= 0.6 is 23.2 Å². The molecule has 23 heavy (non-hydrogen) atoms. The number of hydrogen-bond donors (Lipinski definition) is 0. The van der Waals surface area contributed by atoms with Gasteiger partial charge in [-0.25, -0.2) is 4.98 Å². The van der Waals surface area contributed by atoms with E-state index in [2.05, 4.69) is 36.6 Å². The smallest absolute Gasteiger partial charge is 0.131 e. The van der Waals surface area contributed by atoms with Gasteiger partial charge in [0.25, 0.3) is 0 Å². The highest BCUT2D eigenvalue weighted by Crippen LogP contribution is 2.37. The molecule has 1 aromatic heterocycles. The van der Waals surface area contributed by atoms with Crippen molar-refractivity contribution in [3.05, 3.63) is 64.9 Å². The first-order valence-electron chi connectivity index (χ1n) is 7.64. The number of alkyl halides is 1. The van der Waals surface area contributed by atoms with Gasteiger partial charge < -0.3 is 4.57 Å². The standard InChI is InChI=1S/C19H20Cl2N2/c1-18(2,21)17-22-15-7-5-6-8-16(15)23(17)19(3,4)13-9-11-14(20)12-10-13/h5-12H,1-4H3. The summed E-state index contributed by atoms with van der Waals surface area (Å²) in [4.78, 5) is 4.23. The van der Waals surface area contributed by atoms with E-state index in [9.17, 15) is 0 Å². The lowest BCUT2D eigenvalue weighted by Gasteiger charge is -2.32. The molecule has 0 atom stereocenters. The van der Waals surface area contributed by atoms with Crippen molar-refractivity contribution < 1.29 is 0 Å². The number of fused-ring (bicyclic) bond motifs is 1. The number of rotatable bonds is 3. The summed E-state index contributed by atoms with van der Waals surface area (Å²) in [5.74, 6) is 0.861. The van der Waals surface area contributed by atoms with Crippen LogP contribution in [-0.4, -0.2) is 9.55 Å². The lowest BCUT2D eigenvalue weighted by Crippen LogP contribution is -2.32. The van der Waals surface area contributed by atoms with Crippen LogP contribution in [0.3, 0.4) is 0 Å². The van der Waals surface area contributed by atoms with Crippen LogP contribution in [0.2, 0.25) is 5.02 Å². The number of hydrogen-bond acceptors (Lipinski definition) is 1. The number of aromatic nitrogens is 2. The van der Waals surface area contributed by atoms with Gasteiger partial charge in [-0.05, 0) is 57.5 Å². The molecule has 0 bridgehead atoms. The molecule has 0 unspecified atom stereocenters. The van der Waals surface area contributed by atoms with Gasteiger partial charge in [-0.3, -0.25) is 0 Å². The number of imidazole rings is 1. The molecule has 0 aliphatic carbocycles. The number of para-hydroxylation sites is 2. The minimum Gasteiger partial charge on any atom is -0.317 e. The van der Waals surface area contributed by atoms with E-state index in [0.717, 1.165) is 27.4 Å². The molecule has 4 heteroatoms. The molecule has 120 valence electrons. The van der Waals surface area contributed by atoms with Crippen LogP contribution in [0.1, 0.15) is 39.1 Å². The Morgan fingerprint density at radius 3 is 2.13 bits per heavy atom. The zero-order chi connectivity index (χ0) is 16.8. The van der Waals surface area contributed by atoms with Crippen LogP contribution in [0, 0.1) is 0 Å². The molecule has 1 heterocycles. The Kier molecular flexibility index (Phi) is 3.94. The maximum absolute atomic E-state index is 6.65. The molecular formula is C19H20Cl2N2.